The molecule has 1 spiro atoms. The molecule has 1 N–H and O–H groups in total. The second-order valence-corrected chi connectivity index (χ2v) is 18.0. The van der Waals surface area contributed by atoms with Gasteiger partial charge in [0.2, 0.25) is 0 Å². The van der Waals surface area contributed by atoms with Crippen LogP contribution in [0.5, 0.6) is 0 Å². The van der Waals surface area contributed by atoms with Gasteiger partial charge >= 0.3 is 0 Å². The number of hydrogen-bond donors (Lipinski definition) is 1. The zero-order valence-corrected chi connectivity index (χ0v) is 22.0. The van der Waals surface area contributed by atoms with E-state index in [2.05, 4.69) is 63.0 Å². The summed E-state index contributed by atoms with van der Waals surface area (Å²) < 4.78 is 19.3. The lowest BCUT2D eigenvalue weighted by Gasteiger charge is -2.55. The SMILES string of the molecule is C=C1C[C@@H](O)C2CCCC3(CCC4(OCCO4)C23)C[C@]1(I)O[Si](C)(C)C(C)(C)C. The predicted octanol–water partition coefficient (Wildman–Crippen LogP) is 5.79. The van der Waals surface area contributed by atoms with Crippen LogP contribution in [0.3, 0.4) is 0 Å². The largest absolute Gasteiger partial charge is 0.399 e. The van der Waals surface area contributed by atoms with Crippen molar-refractivity contribution in [1.82, 2.24) is 0 Å². The van der Waals surface area contributed by atoms with E-state index in [-0.39, 0.29) is 22.3 Å². The Morgan fingerprint density at radius 3 is 2.45 bits per heavy atom. The lowest BCUT2D eigenvalue weighted by atomic mass is 9.56. The summed E-state index contributed by atoms with van der Waals surface area (Å²) in [4.78, 5) is 0. The van der Waals surface area contributed by atoms with Crippen molar-refractivity contribution in [2.24, 2.45) is 17.3 Å². The molecule has 1 heterocycles. The van der Waals surface area contributed by atoms with E-state index in [9.17, 15) is 5.11 Å². The molecule has 3 aliphatic carbocycles. The van der Waals surface area contributed by atoms with Crippen LogP contribution in [0.4, 0.5) is 0 Å². The summed E-state index contributed by atoms with van der Waals surface area (Å²) in [5.74, 6) is 0.000592. The zero-order chi connectivity index (χ0) is 21.3. The normalized spacial score (nSPS) is 42.6. The molecule has 0 aromatic heterocycles. The Morgan fingerprint density at radius 2 is 1.83 bits per heavy atom. The minimum atomic E-state index is -2.01. The van der Waals surface area contributed by atoms with Gasteiger partial charge in [-0.15, -0.1) is 0 Å². The van der Waals surface area contributed by atoms with Gasteiger partial charge in [-0.05, 0) is 89.7 Å². The Morgan fingerprint density at radius 1 is 1.17 bits per heavy atom. The summed E-state index contributed by atoms with van der Waals surface area (Å²) in [6.45, 7) is 17.4. The van der Waals surface area contributed by atoms with Crippen LogP contribution in [0.1, 0.15) is 65.7 Å². The molecule has 4 aliphatic rings. The number of aliphatic hydroxyl groups is 1. The number of aliphatic hydroxyl groups excluding tert-OH is 1. The standard InChI is InChI=1S/C23H39IO4Si/c1-16-14-18(25)17-8-7-9-21(10-11-23(19(17)21)26-12-13-27-23)15-22(16,24)28-29(5,6)20(2,3)4/h17-19,25H,1,7-15H2,2-6H3/t17?,18-,19?,21?,22+/m1/s1. The summed E-state index contributed by atoms with van der Waals surface area (Å²) in [5, 5.41) is 11.5. The molecule has 29 heavy (non-hydrogen) atoms. The van der Waals surface area contributed by atoms with E-state index < -0.39 is 23.8 Å². The van der Waals surface area contributed by atoms with Crippen LogP contribution in [0.25, 0.3) is 0 Å². The molecule has 4 rings (SSSR count). The molecule has 2 bridgehead atoms. The highest BCUT2D eigenvalue weighted by Gasteiger charge is 2.67. The second kappa shape index (κ2) is 7.27. The number of halogens is 1. The third kappa shape index (κ3) is 3.61. The van der Waals surface area contributed by atoms with Crippen molar-refractivity contribution < 1.29 is 19.0 Å². The summed E-state index contributed by atoms with van der Waals surface area (Å²) in [6, 6.07) is 0. The van der Waals surface area contributed by atoms with Crippen molar-refractivity contribution in [3.8, 4) is 0 Å². The Kier molecular flexibility index (Phi) is 5.69. The van der Waals surface area contributed by atoms with Gasteiger partial charge in [0.05, 0.1) is 19.3 Å². The van der Waals surface area contributed by atoms with Crippen LogP contribution in [0.2, 0.25) is 18.1 Å². The quantitative estimate of drug-likeness (QED) is 0.211. The highest BCUT2D eigenvalue weighted by molar-refractivity contribution is 14.1. The maximum atomic E-state index is 11.4. The van der Waals surface area contributed by atoms with E-state index >= 15 is 0 Å². The fraction of sp³-hybridized carbons (Fsp3) is 0.913. The van der Waals surface area contributed by atoms with Gasteiger partial charge in [-0.3, -0.25) is 0 Å². The van der Waals surface area contributed by atoms with Gasteiger partial charge < -0.3 is 19.0 Å². The lowest BCUT2D eigenvalue weighted by molar-refractivity contribution is -0.228. The smallest absolute Gasteiger partial charge is 0.194 e. The van der Waals surface area contributed by atoms with E-state index in [1.807, 2.05) is 0 Å². The van der Waals surface area contributed by atoms with Crippen LogP contribution in [0, 0.1) is 17.3 Å². The monoisotopic (exact) mass is 534 g/mol. The van der Waals surface area contributed by atoms with Crippen LogP contribution in [0.15, 0.2) is 12.2 Å². The Balaban J connectivity index is 1.75. The first-order valence-corrected chi connectivity index (χ1v) is 15.4. The third-order valence-corrected chi connectivity index (χ3v) is 15.1. The maximum absolute atomic E-state index is 11.4. The van der Waals surface area contributed by atoms with E-state index in [1.54, 1.807) is 0 Å². The molecule has 5 atom stereocenters. The van der Waals surface area contributed by atoms with Crippen LogP contribution in [-0.2, 0) is 13.9 Å². The topological polar surface area (TPSA) is 47.9 Å². The van der Waals surface area contributed by atoms with Crippen LogP contribution in [-0.4, -0.2) is 42.1 Å². The van der Waals surface area contributed by atoms with Crippen LogP contribution >= 0.6 is 22.6 Å². The number of ether oxygens (including phenoxy) is 2. The molecule has 0 aromatic rings. The van der Waals surface area contributed by atoms with Gasteiger partial charge in [0.25, 0.3) is 0 Å². The molecule has 166 valence electrons. The van der Waals surface area contributed by atoms with Crippen molar-refractivity contribution in [3.05, 3.63) is 12.2 Å². The van der Waals surface area contributed by atoms with Gasteiger partial charge in [0.15, 0.2) is 14.1 Å². The van der Waals surface area contributed by atoms with E-state index in [4.69, 9.17) is 13.9 Å². The number of alkyl halides is 1. The molecular formula is C23H39IO4Si. The minimum Gasteiger partial charge on any atom is -0.399 e. The summed E-state index contributed by atoms with van der Waals surface area (Å²) in [6.07, 6.45) is 6.64. The summed E-state index contributed by atoms with van der Waals surface area (Å²) in [7, 11) is -2.01. The molecule has 0 amide bonds. The van der Waals surface area contributed by atoms with Gasteiger partial charge in [-0.1, -0.05) is 33.8 Å². The molecule has 0 aromatic carbocycles. The van der Waals surface area contributed by atoms with Crippen molar-refractivity contribution in [3.63, 3.8) is 0 Å². The Bertz CT molecular complexity index is 668. The molecule has 1 saturated heterocycles. The maximum Gasteiger partial charge on any atom is 0.194 e. The van der Waals surface area contributed by atoms with E-state index in [1.165, 1.54) is 12.8 Å². The van der Waals surface area contributed by atoms with Gasteiger partial charge in [0, 0.05) is 12.3 Å². The van der Waals surface area contributed by atoms with Gasteiger partial charge in [0.1, 0.15) is 3.61 Å². The average molecular weight is 535 g/mol. The highest BCUT2D eigenvalue weighted by Crippen LogP contribution is 2.67. The zero-order valence-electron chi connectivity index (χ0n) is 18.9. The molecule has 4 nitrogen and oxygen atoms in total. The van der Waals surface area contributed by atoms with Crippen molar-refractivity contribution in [2.75, 3.05) is 13.2 Å². The van der Waals surface area contributed by atoms with Crippen molar-refractivity contribution in [1.29, 1.82) is 0 Å². The third-order valence-electron chi connectivity index (χ3n) is 8.80. The van der Waals surface area contributed by atoms with Crippen LogP contribution < -0.4 is 0 Å². The lowest BCUT2D eigenvalue weighted by Crippen LogP contribution is -2.57. The molecule has 6 heteroatoms. The fourth-order valence-electron chi connectivity index (χ4n) is 6.41. The number of hydrogen-bond acceptors (Lipinski definition) is 4. The highest BCUT2D eigenvalue weighted by atomic mass is 127. The van der Waals surface area contributed by atoms with Gasteiger partial charge in [-0.2, -0.15) is 0 Å². The van der Waals surface area contributed by atoms with Crippen molar-refractivity contribution >= 4 is 30.9 Å². The Labute approximate surface area is 191 Å². The van der Waals surface area contributed by atoms with Gasteiger partial charge in [-0.25, -0.2) is 0 Å². The number of rotatable bonds is 2. The van der Waals surface area contributed by atoms with E-state index in [0.717, 1.165) is 31.3 Å². The predicted molar refractivity (Wildman–Crippen MR) is 127 cm³/mol. The fourth-order valence-corrected chi connectivity index (χ4v) is 10.4. The van der Waals surface area contributed by atoms with E-state index in [0.29, 0.717) is 19.6 Å². The molecule has 3 unspecified atom stereocenters. The molecular weight excluding hydrogens is 495 g/mol. The minimum absolute atomic E-state index is 0.0984. The molecule has 3 saturated carbocycles. The first kappa shape index (κ1) is 22.7. The Hall–Kier alpha value is 0.527. The molecule has 0 radical (unpaired) electrons. The average Bonchev–Trinajstić information content (AvgIpc) is 3.19. The molecule has 1 aliphatic heterocycles. The first-order valence-electron chi connectivity index (χ1n) is 11.4. The van der Waals surface area contributed by atoms with Crippen molar-refractivity contribution in [2.45, 2.75) is 99.3 Å². The summed E-state index contributed by atoms with van der Waals surface area (Å²) in [5.41, 5.74) is 1.16. The second-order valence-electron chi connectivity index (χ2n) is 11.5. The summed E-state index contributed by atoms with van der Waals surface area (Å²) >= 11 is 2.55. The first-order chi connectivity index (χ1) is 13.3. The molecule has 4 fully saturated rings.